The Morgan fingerprint density at radius 2 is 1.82 bits per heavy atom. The van der Waals surface area contributed by atoms with Gasteiger partial charge < -0.3 is 0 Å². The van der Waals surface area contributed by atoms with Gasteiger partial charge in [0.1, 0.15) is 0 Å². The van der Waals surface area contributed by atoms with Crippen LogP contribution in [0.1, 0.15) is 25.2 Å². The summed E-state index contributed by atoms with van der Waals surface area (Å²) in [7, 11) is 0. The molecule has 4 nitrogen and oxygen atoms in total. The number of halogens is 1. The molecule has 2 heterocycles. The number of nitrogens with zero attached hydrogens (tertiary/aromatic N) is 3. The maximum Gasteiger partial charge on any atom is 0.354 e. The van der Waals surface area contributed by atoms with E-state index in [1.165, 1.54) is 4.57 Å². The third-order valence-corrected chi connectivity index (χ3v) is 3.99. The maximum atomic E-state index is 12.5. The molecule has 1 aromatic carbocycles. The number of hydrogen-bond donors (Lipinski definition) is 0. The van der Waals surface area contributed by atoms with Gasteiger partial charge >= 0.3 is 5.69 Å². The lowest BCUT2D eigenvalue weighted by molar-refractivity contribution is 0.888. The van der Waals surface area contributed by atoms with Gasteiger partial charge in [-0.1, -0.05) is 37.6 Å². The van der Waals surface area contributed by atoms with E-state index in [0.29, 0.717) is 22.8 Å². The minimum Gasteiger partial charge on any atom is -0.245 e. The Labute approximate surface area is 133 Å². The molecule has 0 aliphatic rings. The first-order valence-corrected chi connectivity index (χ1v) is 7.70. The zero-order valence-electron chi connectivity index (χ0n) is 12.5. The molecule has 2 aromatic heterocycles. The van der Waals surface area contributed by atoms with Gasteiger partial charge in [0, 0.05) is 11.1 Å². The van der Waals surface area contributed by atoms with Gasteiger partial charge in [0.15, 0.2) is 5.65 Å². The second kappa shape index (κ2) is 5.89. The molecule has 0 radical (unpaired) electrons. The van der Waals surface area contributed by atoms with E-state index in [1.54, 1.807) is 12.1 Å². The first-order chi connectivity index (χ1) is 10.7. The van der Waals surface area contributed by atoms with Crippen LogP contribution in [-0.4, -0.2) is 14.5 Å². The van der Waals surface area contributed by atoms with Crippen molar-refractivity contribution in [3.05, 3.63) is 63.3 Å². The molecule has 0 atom stereocenters. The third kappa shape index (κ3) is 2.40. The Kier molecular flexibility index (Phi) is 3.94. The van der Waals surface area contributed by atoms with Crippen molar-refractivity contribution >= 4 is 22.6 Å². The maximum absolute atomic E-state index is 12.5. The van der Waals surface area contributed by atoms with E-state index >= 15 is 0 Å². The fourth-order valence-corrected chi connectivity index (χ4v) is 2.74. The molecular formula is C17H16ClN3O. The van der Waals surface area contributed by atoms with Gasteiger partial charge in [-0.25, -0.2) is 14.3 Å². The van der Waals surface area contributed by atoms with Crippen LogP contribution >= 0.6 is 11.6 Å². The number of fused-ring (bicyclic) bond motifs is 1. The first-order valence-electron chi connectivity index (χ1n) is 7.32. The van der Waals surface area contributed by atoms with Gasteiger partial charge in [-0.3, -0.25) is 0 Å². The number of pyridine rings is 1. The highest BCUT2D eigenvalue weighted by Gasteiger charge is 2.14. The average molecular weight is 314 g/mol. The fourth-order valence-electron chi connectivity index (χ4n) is 2.52. The van der Waals surface area contributed by atoms with Crippen molar-refractivity contribution in [1.82, 2.24) is 14.5 Å². The van der Waals surface area contributed by atoms with Gasteiger partial charge in [0.2, 0.25) is 0 Å². The van der Waals surface area contributed by atoms with Gasteiger partial charge in [-0.2, -0.15) is 4.98 Å². The number of para-hydroxylation sites is 1. The lowest BCUT2D eigenvalue weighted by atomic mass is 10.1. The van der Waals surface area contributed by atoms with Crippen LogP contribution in [0.15, 0.2) is 41.2 Å². The van der Waals surface area contributed by atoms with Crippen molar-refractivity contribution in [2.75, 3.05) is 0 Å². The molecule has 5 heteroatoms. The Bertz CT molecular complexity index is 902. The van der Waals surface area contributed by atoms with Crippen molar-refractivity contribution in [3.8, 4) is 5.69 Å². The van der Waals surface area contributed by atoms with Gasteiger partial charge in [0.25, 0.3) is 0 Å². The zero-order chi connectivity index (χ0) is 15.7. The monoisotopic (exact) mass is 313 g/mol. The third-order valence-electron chi connectivity index (χ3n) is 3.67. The molecule has 0 fully saturated rings. The smallest absolute Gasteiger partial charge is 0.245 e. The van der Waals surface area contributed by atoms with Crippen molar-refractivity contribution < 1.29 is 0 Å². The van der Waals surface area contributed by atoms with Crippen molar-refractivity contribution in [3.63, 3.8) is 0 Å². The Morgan fingerprint density at radius 3 is 2.50 bits per heavy atom. The van der Waals surface area contributed by atoms with E-state index in [4.69, 9.17) is 11.6 Å². The quantitative estimate of drug-likeness (QED) is 0.743. The van der Waals surface area contributed by atoms with Crippen molar-refractivity contribution in [2.45, 2.75) is 26.7 Å². The van der Waals surface area contributed by atoms with Crippen molar-refractivity contribution in [2.24, 2.45) is 0 Å². The SMILES string of the molecule is CCc1ccc2c(CC)nc(=O)n(-c3ccccc3Cl)c2n1. The summed E-state index contributed by atoms with van der Waals surface area (Å²) in [6, 6.07) is 11.2. The van der Waals surface area contributed by atoms with E-state index in [2.05, 4.69) is 9.97 Å². The molecular weight excluding hydrogens is 298 g/mol. The summed E-state index contributed by atoms with van der Waals surface area (Å²) in [6.07, 6.45) is 1.48. The second-order valence-corrected chi connectivity index (χ2v) is 5.42. The highest BCUT2D eigenvalue weighted by molar-refractivity contribution is 6.32. The van der Waals surface area contributed by atoms with Crippen LogP contribution in [0.3, 0.4) is 0 Å². The van der Waals surface area contributed by atoms with Crippen LogP contribution in [0.4, 0.5) is 0 Å². The number of aryl methyl sites for hydroxylation is 2. The van der Waals surface area contributed by atoms with Crippen molar-refractivity contribution in [1.29, 1.82) is 0 Å². The molecule has 0 aliphatic carbocycles. The predicted octanol–water partition coefficient (Wildman–Crippen LogP) is 3.56. The second-order valence-electron chi connectivity index (χ2n) is 5.01. The average Bonchev–Trinajstić information content (AvgIpc) is 2.54. The normalized spacial score (nSPS) is 11.0. The van der Waals surface area contributed by atoms with E-state index in [0.717, 1.165) is 23.2 Å². The molecule has 3 aromatic rings. The van der Waals surface area contributed by atoms with Crippen LogP contribution < -0.4 is 5.69 Å². The van der Waals surface area contributed by atoms with Crippen LogP contribution in [0.5, 0.6) is 0 Å². The van der Waals surface area contributed by atoms with Gasteiger partial charge in [0.05, 0.1) is 16.4 Å². The minimum atomic E-state index is -0.349. The van der Waals surface area contributed by atoms with E-state index in [9.17, 15) is 4.79 Å². The summed E-state index contributed by atoms with van der Waals surface area (Å²) in [5, 5.41) is 1.39. The first kappa shape index (κ1) is 14.7. The lowest BCUT2D eigenvalue weighted by Gasteiger charge is -2.13. The summed E-state index contributed by atoms with van der Waals surface area (Å²) in [5.41, 5.74) is 2.57. The summed E-state index contributed by atoms with van der Waals surface area (Å²) in [6.45, 7) is 4.02. The molecule has 0 saturated carbocycles. The Balaban J connectivity index is 2.46. The van der Waals surface area contributed by atoms with Gasteiger partial charge in [-0.15, -0.1) is 0 Å². The summed E-state index contributed by atoms with van der Waals surface area (Å²) in [5.74, 6) is 0. The molecule has 112 valence electrons. The summed E-state index contributed by atoms with van der Waals surface area (Å²) in [4.78, 5) is 21.4. The van der Waals surface area contributed by atoms with E-state index < -0.39 is 0 Å². The summed E-state index contributed by atoms with van der Waals surface area (Å²) >= 11 is 6.26. The number of hydrogen-bond acceptors (Lipinski definition) is 3. The molecule has 0 amide bonds. The highest BCUT2D eigenvalue weighted by Crippen LogP contribution is 2.23. The largest absolute Gasteiger partial charge is 0.354 e. The molecule has 0 bridgehead atoms. The van der Waals surface area contributed by atoms with Crippen LogP contribution in [0.25, 0.3) is 16.7 Å². The molecule has 0 unspecified atom stereocenters. The Hall–Kier alpha value is -2.20. The number of benzene rings is 1. The lowest BCUT2D eigenvalue weighted by Crippen LogP contribution is -2.24. The van der Waals surface area contributed by atoms with Crippen LogP contribution in [-0.2, 0) is 12.8 Å². The zero-order valence-corrected chi connectivity index (χ0v) is 13.3. The molecule has 3 rings (SSSR count). The van der Waals surface area contributed by atoms with Crippen LogP contribution in [0.2, 0.25) is 5.02 Å². The standard InChI is InChI=1S/C17H16ClN3O/c1-3-11-9-10-12-14(4-2)20-17(22)21(16(12)19-11)15-8-6-5-7-13(15)18/h5-10H,3-4H2,1-2H3. The molecule has 0 N–H and O–H groups in total. The molecule has 22 heavy (non-hydrogen) atoms. The Morgan fingerprint density at radius 1 is 1.05 bits per heavy atom. The van der Waals surface area contributed by atoms with E-state index in [1.807, 2.05) is 38.1 Å². The molecule has 0 spiro atoms. The van der Waals surface area contributed by atoms with Crippen LogP contribution in [0, 0.1) is 0 Å². The van der Waals surface area contributed by atoms with E-state index in [-0.39, 0.29) is 5.69 Å². The minimum absolute atomic E-state index is 0.349. The highest BCUT2D eigenvalue weighted by atomic mass is 35.5. The fraction of sp³-hybridized carbons (Fsp3) is 0.235. The number of aromatic nitrogens is 3. The topological polar surface area (TPSA) is 47.8 Å². The van der Waals surface area contributed by atoms with Gasteiger partial charge in [-0.05, 0) is 37.1 Å². The molecule has 0 saturated heterocycles. The predicted molar refractivity (Wildman–Crippen MR) is 88.9 cm³/mol. The number of rotatable bonds is 3. The summed E-state index contributed by atoms with van der Waals surface area (Å²) < 4.78 is 1.50. The molecule has 0 aliphatic heterocycles.